The molecule has 0 saturated carbocycles. The van der Waals surface area contributed by atoms with Crippen molar-refractivity contribution in [3.63, 3.8) is 0 Å². The minimum atomic E-state index is -2.11. The van der Waals surface area contributed by atoms with E-state index in [0.29, 0.717) is 6.42 Å². The third-order valence-corrected chi connectivity index (χ3v) is 9.90. The number of ether oxygens (including phenoxy) is 3. The summed E-state index contributed by atoms with van der Waals surface area (Å²) in [5.74, 6) is -4.50. The van der Waals surface area contributed by atoms with Crippen molar-refractivity contribution in [3.05, 3.63) is 51.6 Å². The van der Waals surface area contributed by atoms with Gasteiger partial charge in [0, 0.05) is 36.0 Å². The van der Waals surface area contributed by atoms with Gasteiger partial charge in [-0.15, -0.1) is 12.4 Å². The summed E-state index contributed by atoms with van der Waals surface area (Å²) in [7, 11) is 1.32. The molecule has 8 N–H and O–H groups in total. The summed E-state index contributed by atoms with van der Waals surface area (Å²) >= 11 is 0. The maximum atomic E-state index is 13.9. The van der Waals surface area contributed by atoms with Gasteiger partial charge >= 0.3 is 0 Å². The lowest BCUT2D eigenvalue weighted by Gasteiger charge is -2.43. The van der Waals surface area contributed by atoms with Gasteiger partial charge < -0.3 is 51.0 Å². The van der Waals surface area contributed by atoms with Crippen LogP contribution in [-0.2, 0) is 30.3 Å². The molecule has 2 aliphatic carbocycles. The molecule has 1 saturated heterocycles. The van der Waals surface area contributed by atoms with Gasteiger partial charge in [-0.1, -0.05) is 26.0 Å². The van der Waals surface area contributed by atoms with E-state index in [2.05, 4.69) is 10.6 Å². The van der Waals surface area contributed by atoms with Crippen LogP contribution in [0.3, 0.4) is 0 Å². The normalized spacial score (nSPS) is 26.2. The molecule has 0 radical (unpaired) electrons. The van der Waals surface area contributed by atoms with Gasteiger partial charge in [0.25, 0.3) is 0 Å². The number of benzene rings is 2. The topological polar surface area (TPSA) is 244 Å². The Morgan fingerprint density at radius 1 is 1.06 bits per heavy atom. The molecule has 2 aromatic rings. The van der Waals surface area contributed by atoms with Crippen molar-refractivity contribution in [2.75, 3.05) is 7.11 Å². The van der Waals surface area contributed by atoms with Gasteiger partial charge in [-0.05, 0) is 39.2 Å². The van der Waals surface area contributed by atoms with Crippen LogP contribution in [0.4, 0.5) is 0 Å². The van der Waals surface area contributed by atoms with Gasteiger partial charge in [-0.3, -0.25) is 24.0 Å². The first kappa shape index (κ1) is 40.6. The molecule has 1 fully saturated rings. The highest BCUT2D eigenvalue weighted by Gasteiger charge is 2.49. The third kappa shape index (κ3) is 7.38. The molecule has 8 unspecified atom stereocenters. The number of phenols is 2. The molecular weight excluding hydrogens is 702 g/mol. The number of rotatable bonds is 10. The Morgan fingerprint density at radius 3 is 2.33 bits per heavy atom. The standard InChI is InChI=1S/C36H45N3O12.ClH/c1-14(2)10-20(37)35(47)38-15(3)34(46)39-21-11-24(50-16(4)29(21)41)51-23-13-36(48,17(5)40)12-19-26(23)33(45)28-27(31(19)43)30(42)18-8-7-9-22(49-6)25(18)32(28)44;/h7-9,14-16,20-21,23-24,29,41,43,45,48H,10-13,37H2,1-6H3,(H,38,47)(H,39,46);1H. The number of Topliss-reactive ketones (excluding diaryl/α,β-unsaturated/α-hetero) is 1. The molecule has 52 heavy (non-hydrogen) atoms. The number of carbonyl (C=O) groups excluding carboxylic acids is 5. The number of nitrogens with two attached hydrogens (primary N) is 1. The number of aromatic hydroxyl groups is 2. The molecule has 15 nitrogen and oxygen atoms in total. The average molecular weight is 748 g/mol. The number of aliphatic hydroxyl groups excluding tert-OH is 1. The second-order valence-electron chi connectivity index (χ2n) is 14.1. The van der Waals surface area contributed by atoms with E-state index in [9.17, 15) is 44.4 Å². The molecule has 0 bridgehead atoms. The van der Waals surface area contributed by atoms with E-state index < -0.39 is 113 Å². The number of hydrogen-bond acceptors (Lipinski definition) is 13. The lowest BCUT2D eigenvalue weighted by Crippen LogP contribution is -2.59. The van der Waals surface area contributed by atoms with Gasteiger partial charge in [-0.2, -0.15) is 0 Å². The smallest absolute Gasteiger partial charge is 0.242 e. The number of hydrogen-bond donors (Lipinski definition) is 7. The maximum Gasteiger partial charge on any atom is 0.242 e. The first-order valence-corrected chi connectivity index (χ1v) is 16.9. The fourth-order valence-electron chi connectivity index (χ4n) is 7.08. The van der Waals surface area contributed by atoms with Crippen LogP contribution in [0.15, 0.2) is 18.2 Å². The lowest BCUT2D eigenvalue weighted by atomic mass is 9.72. The van der Waals surface area contributed by atoms with Crippen molar-refractivity contribution in [1.29, 1.82) is 0 Å². The van der Waals surface area contributed by atoms with Crippen LogP contribution in [0.5, 0.6) is 17.2 Å². The lowest BCUT2D eigenvalue weighted by molar-refractivity contribution is -0.249. The van der Waals surface area contributed by atoms with Gasteiger partial charge in [0.2, 0.25) is 17.6 Å². The van der Waals surface area contributed by atoms with Crippen molar-refractivity contribution < 1.29 is 58.6 Å². The SMILES string of the molecule is COc1cccc2c1C(=O)c1c(O)c3c(c(O)c1C2=O)CC(O)(C(C)=O)CC3OC1CC(NC(=O)C(C)NC(=O)C(N)CC(C)C)C(O)C(C)O1.Cl. The number of halogens is 1. The number of phenolic OH excluding ortho intramolecular Hbond substituents is 2. The molecule has 284 valence electrons. The predicted molar refractivity (Wildman–Crippen MR) is 187 cm³/mol. The zero-order valence-corrected chi connectivity index (χ0v) is 30.5. The minimum Gasteiger partial charge on any atom is -0.507 e. The van der Waals surface area contributed by atoms with E-state index in [1.54, 1.807) is 0 Å². The van der Waals surface area contributed by atoms with Gasteiger partial charge in [0.05, 0.1) is 48.1 Å². The predicted octanol–water partition coefficient (Wildman–Crippen LogP) is 1.49. The van der Waals surface area contributed by atoms with Crippen LogP contribution < -0.4 is 21.1 Å². The molecular formula is C36H46ClN3O12. The molecule has 5 rings (SSSR count). The van der Waals surface area contributed by atoms with Crippen molar-refractivity contribution in [3.8, 4) is 17.2 Å². The van der Waals surface area contributed by atoms with E-state index in [1.807, 2.05) is 13.8 Å². The molecule has 2 amide bonds. The first-order chi connectivity index (χ1) is 23.9. The van der Waals surface area contributed by atoms with Gasteiger partial charge in [-0.25, -0.2) is 0 Å². The Balaban J connectivity index is 0.00000605. The van der Waals surface area contributed by atoms with Crippen molar-refractivity contribution in [1.82, 2.24) is 10.6 Å². The summed E-state index contributed by atoms with van der Waals surface area (Å²) in [5.41, 5.74) is 2.40. The Hall–Kier alpha value is -4.12. The highest BCUT2D eigenvalue weighted by atomic mass is 35.5. The average Bonchev–Trinajstić information content (AvgIpc) is 3.06. The monoisotopic (exact) mass is 747 g/mol. The molecule has 8 atom stereocenters. The number of nitrogens with one attached hydrogen (secondary N) is 2. The summed E-state index contributed by atoms with van der Waals surface area (Å²) < 4.78 is 17.5. The van der Waals surface area contributed by atoms with Crippen LogP contribution in [0, 0.1) is 5.92 Å². The summed E-state index contributed by atoms with van der Waals surface area (Å²) in [4.78, 5) is 66.0. The van der Waals surface area contributed by atoms with E-state index in [4.69, 9.17) is 19.9 Å². The highest BCUT2D eigenvalue weighted by Crippen LogP contribution is 2.52. The molecule has 3 aliphatic rings. The van der Waals surface area contributed by atoms with E-state index in [1.165, 1.54) is 39.2 Å². The van der Waals surface area contributed by atoms with Crippen molar-refractivity contribution >= 4 is 41.6 Å². The zero-order valence-electron chi connectivity index (χ0n) is 29.7. The quantitative estimate of drug-likeness (QED) is 0.146. The first-order valence-electron chi connectivity index (χ1n) is 16.9. The molecule has 2 aromatic carbocycles. The number of amides is 2. The fourth-order valence-corrected chi connectivity index (χ4v) is 7.08. The molecule has 1 heterocycles. The van der Waals surface area contributed by atoms with Crippen LogP contribution in [0.1, 0.15) is 103 Å². The van der Waals surface area contributed by atoms with E-state index in [-0.39, 0.29) is 52.7 Å². The number of ketones is 3. The third-order valence-electron chi connectivity index (χ3n) is 9.90. The molecule has 0 aromatic heterocycles. The van der Waals surface area contributed by atoms with Crippen molar-refractivity contribution in [2.24, 2.45) is 11.7 Å². The Bertz CT molecular complexity index is 1780. The number of aliphatic hydroxyl groups is 2. The van der Waals surface area contributed by atoms with Crippen LogP contribution >= 0.6 is 12.4 Å². The zero-order chi connectivity index (χ0) is 37.7. The number of carbonyl (C=O) groups is 5. The summed E-state index contributed by atoms with van der Waals surface area (Å²) in [6, 6.07) is 1.58. The Kier molecular flexibility index (Phi) is 12.1. The fraction of sp³-hybridized carbons (Fsp3) is 0.528. The van der Waals surface area contributed by atoms with Gasteiger partial charge in [0.15, 0.2) is 17.9 Å². The van der Waals surface area contributed by atoms with Crippen LogP contribution in [0.2, 0.25) is 0 Å². The number of methoxy groups -OCH3 is 1. The molecule has 1 aliphatic heterocycles. The van der Waals surface area contributed by atoms with Crippen LogP contribution in [-0.4, -0.2) is 98.9 Å². The second kappa shape index (κ2) is 15.5. The summed E-state index contributed by atoms with van der Waals surface area (Å²) in [6.07, 6.45) is -5.41. The Labute approximate surface area is 306 Å². The molecule has 16 heteroatoms. The summed E-state index contributed by atoms with van der Waals surface area (Å²) in [5, 5.41) is 50.9. The van der Waals surface area contributed by atoms with Crippen molar-refractivity contribution in [2.45, 2.75) is 109 Å². The van der Waals surface area contributed by atoms with Gasteiger partial charge in [0.1, 0.15) is 35.0 Å². The molecule has 0 spiro atoms. The number of fused-ring (bicyclic) bond motifs is 3. The highest BCUT2D eigenvalue weighted by molar-refractivity contribution is 6.31. The second-order valence-corrected chi connectivity index (χ2v) is 14.1. The largest absolute Gasteiger partial charge is 0.507 e. The van der Waals surface area contributed by atoms with Crippen LogP contribution in [0.25, 0.3) is 0 Å². The van der Waals surface area contributed by atoms with E-state index in [0.717, 1.165) is 6.92 Å². The minimum absolute atomic E-state index is 0. The Morgan fingerprint density at radius 2 is 1.71 bits per heavy atom. The van der Waals surface area contributed by atoms with E-state index >= 15 is 0 Å². The maximum absolute atomic E-state index is 13.9. The summed E-state index contributed by atoms with van der Waals surface area (Å²) in [6.45, 7) is 7.97.